The van der Waals surface area contributed by atoms with Gasteiger partial charge in [-0.15, -0.1) is 18.8 Å². The highest BCUT2D eigenvalue weighted by atomic mass is 79.9. The van der Waals surface area contributed by atoms with E-state index in [4.69, 9.17) is 21.1 Å². The van der Waals surface area contributed by atoms with Crippen LogP contribution in [0.4, 0.5) is 0 Å². The average Bonchev–Trinajstić information content (AvgIpc) is 3.29. The van der Waals surface area contributed by atoms with Gasteiger partial charge in [0.1, 0.15) is 22.4 Å². The van der Waals surface area contributed by atoms with Crippen LogP contribution in [0, 0.1) is 24.2 Å². The van der Waals surface area contributed by atoms with Crippen molar-refractivity contribution in [3.05, 3.63) is 199 Å². The summed E-state index contributed by atoms with van der Waals surface area (Å²) in [6.07, 6.45) is 17.6. The highest BCUT2D eigenvalue weighted by Gasteiger charge is 2.19. The van der Waals surface area contributed by atoms with Crippen LogP contribution in [0.15, 0.2) is 161 Å². The predicted octanol–water partition coefficient (Wildman–Crippen LogP) is 6.43. The molecule has 0 spiro atoms. The van der Waals surface area contributed by atoms with E-state index in [0.717, 1.165) is 13.9 Å². The average molecular weight is 942 g/mol. The zero-order valence-corrected chi connectivity index (χ0v) is 36.6. The van der Waals surface area contributed by atoms with Crippen molar-refractivity contribution in [2.45, 2.75) is 13.8 Å². The molecule has 0 aliphatic heterocycles. The predicted molar refractivity (Wildman–Crippen MR) is 243 cm³/mol. The number of hydrogen-bond acceptors (Lipinski definition) is 10. The van der Waals surface area contributed by atoms with Crippen LogP contribution in [0.2, 0.25) is 0 Å². The first-order valence-electron chi connectivity index (χ1n) is 19.1. The molecule has 0 atom stereocenters. The van der Waals surface area contributed by atoms with Crippen molar-refractivity contribution < 1.29 is 38.9 Å². The van der Waals surface area contributed by atoms with Gasteiger partial charge in [-0.05, 0) is 103 Å². The summed E-state index contributed by atoms with van der Waals surface area (Å²) in [5.74, 6) is 7.28. The minimum Gasteiger partial charge on any atom is -0.462 e. The van der Waals surface area contributed by atoms with Crippen molar-refractivity contribution in [1.29, 1.82) is 0 Å². The zero-order chi connectivity index (χ0) is 44.9. The van der Waals surface area contributed by atoms with E-state index in [1.54, 1.807) is 108 Å². The Morgan fingerprint density at radius 1 is 0.672 bits per heavy atom. The first kappa shape index (κ1) is 46.9. The quantitative estimate of drug-likeness (QED) is 0.0821. The second kappa shape index (κ2) is 22.1. The molecule has 2 aromatic carbocycles. The number of terminal acetylenes is 1. The smallest absolute Gasteiger partial charge is 0.343 e. The van der Waals surface area contributed by atoms with Crippen LogP contribution in [0.25, 0.3) is 33.4 Å². The molecular formula is C48H38BrClN6O8+2. The molecule has 8 aromatic rings. The normalized spacial score (nSPS) is 10.0. The van der Waals surface area contributed by atoms with Gasteiger partial charge in [0.25, 0.3) is 0 Å². The van der Waals surface area contributed by atoms with Gasteiger partial charge in [0, 0.05) is 68.9 Å². The SMILES string of the molecule is C#Cc1cccc(-n2cc(C(=O)OCC)c(=O)c3cccnc32)c1.CCOC(=O)c1cn(-c2cccc(C#Cc3ccc[n+](O)c3)c2)c2ncccc2c1=O.Cl.O[n+]1cccc(Br)c1. The first-order valence-corrected chi connectivity index (χ1v) is 19.9. The number of aromatic nitrogens is 6. The summed E-state index contributed by atoms with van der Waals surface area (Å²) >= 11 is 3.18. The molecule has 0 amide bonds. The van der Waals surface area contributed by atoms with Gasteiger partial charge < -0.3 is 18.6 Å². The lowest BCUT2D eigenvalue weighted by Gasteiger charge is -2.12. The second-order valence-electron chi connectivity index (χ2n) is 13.0. The Kier molecular flexibility index (Phi) is 16.2. The molecule has 0 saturated carbocycles. The minimum absolute atomic E-state index is 0. The molecule has 6 heterocycles. The van der Waals surface area contributed by atoms with Crippen molar-refractivity contribution >= 4 is 62.3 Å². The van der Waals surface area contributed by atoms with E-state index in [0.29, 0.717) is 50.1 Å². The number of carbonyl (C=O) groups is 2. The Balaban J connectivity index is 0.000000207. The van der Waals surface area contributed by atoms with Gasteiger partial charge >= 0.3 is 11.9 Å². The summed E-state index contributed by atoms with van der Waals surface area (Å²) in [5, 5.41) is 18.9. The van der Waals surface area contributed by atoms with Gasteiger partial charge in [-0.3, -0.25) is 20.0 Å². The molecule has 320 valence electrons. The molecule has 14 nitrogen and oxygen atoms in total. The zero-order valence-electron chi connectivity index (χ0n) is 34.2. The summed E-state index contributed by atoms with van der Waals surface area (Å²) in [6, 6.07) is 28.2. The maximum atomic E-state index is 12.8. The van der Waals surface area contributed by atoms with E-state index in [1.165, 1.54) is 24.8 Å². The second-order valence-corrected chi connectivity index (χ2v) is 14.0. The van der Waals surface area contributed by atoms with E-state index < -0.39 is 22.8 Å². The van der Waals surface area contributed by atoms with Crippen LogP contribution in [-0.2, 0) is 9.47 Å². The van der Waals surface area contributed by atoms with Crippen LogP contribution >= 0.6 is 28.3 Å². The van der Waals surface area contributed by atoms with Crippen molar-refractivity contribution in [3.8, 4) is 35.6 Å². The van der Waals surface area contributed by atoms with Gasteiger partial charge in [-0.25, -0.2) is 19.6 Å². The van der Waals surface area contributed by atoms with E-state index in [1.807, 2.05) is 36.4 Å². The fraction of sp³-hybridized carbons (Fsp3) is 0.0833. The summed E-state index contributed by atoms with van der Waals surface area (Å²) in [6.45, 7) is 3.74. The van der Waals surface area contributed by atoms with E-state index in [9.17, 15) is 24.4 Å². The number of esters is 2. The molecule has 64 heavy (non-hydrogen) atoms. The molecule has 0 aliphatic rings. The molecule has 0 radical (unpaired) electrons. The molecule has 0 unspecified atom stereocenters. The lowest BCUT2D eigenvalue weighted by atomic mass is 10.1. The number of halogens is 2. The third-order valence-corrected chi connectivity index (χ3v) is 9.29. The van der Waals surface area contributed by atoms with Crippen LogP contribution in [-0.4, -0.2) is 54.7 Å². The third kappa shape index (κ3) is 11.4. The third-order valence-electron chi connectivity index (χ3n) is 8.82. The van der Waals surface area contributed by atoms with Gasteiger partial charge in [0.05, 0.1) is 34.0 Å². The Hall–Kier alpha value is -8.11. The van der Waals surface area contributed by atoms with Crippen LogP contribution in [0.5, 0.6) is 0 Å². The van der Waals surface area contributed by atoms with E-state index >= 15 is 0 Å². The standard InChI is InChI=1S/C24H18N3O4.C19H14N2O3.C5H5BrNO.ClH/c1-2-31-24(29)21-16-27(23-20(22(21)28)9-4-12-25-23)19-8-3-6-17(14-19)10-11-18-7-5-13-26(30)15-18;1-3-13-7-5-8-14(11-13)21-12-16(19(23)24-4-2)17(22)15-9-6-10-20-18(15)21;6-5-2-1-3-7(8)4-5;/h3-9,12-16,30H,2H2,1H3;1,5-12H,4H2,2H3;1-4,8H;1H/q+1;;+1;. The summed E-state index contributed by atoms with van der Waals surface area (Å²) in [4.78, 5) is 58.4. The Labute approximate surface area is 380 Å². The van der Waals surface area contributed by atoms with Gasteiger partial charge in [-0.2, -0.15) is 0 Å². The maximum Gasteiger partial charge on any atom is 0.343 e. The topological polar surface area (TPSA) is 171 Å². The number of fused-ring (bicyclic) bond motifs is 2. The number of nitrogens with zero attached hydrogens (tertiary/aromatic N) is 6. The monoisotopic (exact) mass is 940 g/mol. The van der Waals surface area contributed by atoms with Crippen molar-refractivity contribution in [3.63, 3.8) is 0 Å². The Morgan fingerprint density at radius 2 is 1.14 bits per heavy atom. The van der Waals surface area contributed by atoms with Crippen LogP contribution < -0.4 is 20.3 Å². The summed E-state index contributed by atoms with van der Waals surface area (Å²) < 4.78 is 16.2. The highest BCUT2D eigenvalue weighted by molar-refractivity contribution is 9.10. The highest BCUT2D eigenvalue weighted by Crippen LogP contribution is 2.19. The molecular weight excluding hydrogens is 904 g/mol. The van der Waals surface area contributed by atoms with Crippen LogP contribution in [0.3, 0.4) is 0 Å². The fourth-order valence-corrected chi connectivity index (χ4v) is 6.38. The number of ether oxygens (including phenoxy) is 2. The summed E-state index contributed by atoms with van der Waals surface area (Å²) in [5.41, 5.74) is 3.40. The Bertz CT molecular complexity index is 3210. The van der Waals surface area contributed by atoms with Crippen molar-refractivity contribution in [2.24, 2.45) is 0 Å². The lowest BCUT2D eigenvalue weighted by Crippen LogP contribution is -2.28. The molecule has 2 N–H and O–H groups in total. The van der Waals surface area contributed by atoms with E-state index in [2.05, 4.69) is 43.7 Å². The lowest BCUT2D eigenvalue weighted by molar-refractivity contribution is -0.905. The molecule has 0 fully saturated rings. The number of pyridine rings is 6. The number of benzene rings is 2. The fourth-order valence-electron chi connectivity index (χ4n) is 6.02. The summed E-state index contributed by atoms with van der Waals surface area (Å²) in [7, 11) is 0. The minimum atomic E-state index is -0.677. The van der Waals surface area contributed by atoms with Gasteiger partial charge in [0.15, 0.2) is 0 Å². The number of rotatable bonds is 6. The van der Waals surface area contributed by atoms with Crippen LogP contribution in [0.1, 0.15) is 51.3 Å². The first-order chi connectivity index (χ1) is 30.5. The van der Waals surface area contributed by atoms with Gasteiger partial charge in [-0.1, -0.05) is 29.9 Å². The van der Waals surface area contributed by atoms with E-state index in [-0.39, 0.29) is 36.7 Å². The molecule has 6 aromatic heterocycles. The molecule has 0 saturated heterocycles. The maximum absolute atomic E-state index is 12.8. The molecule has 0 aliphatic carbocycles. The number of hydrogen-bond donors (Lipinski definition) is 2. The molecule has 0 bridgehead atoms. The van der Waals surface area contributed by atoms with Crippen molar-refractivity contribution in [1.82, 2.24) is 19.1 Å². The Morgan fingerprint density at radius 3 is 1.61 bits per heavy atom. The van der Waals surface area contributed by atoms with Gasteiger partial charge in [0.2, 0.25) is 35.6 Å². The van der Waals surface area contributed by atoms with Crippen molar-refractivity contribution in [2.75, 3.05) is 13.2 Å². The largest absolute Gasteiger partial charge is 0.462 e. The molecule has 8 rings (SSSR count). The molecule has 16 heteroatoms. The number of carbonyl (C=O) groups excluding carboxylic acids is 2.